The maximum Gasteiger partial charge on any atom is 0.325 e. The number of aliphatic carboxylic acids is 1. The third-order valence-electron chi connectivity index (χ3n) is 4.30. The Balaban J connectivity index is 2.05. The summed E-state index contributed by atoms with van der Waals surface area (Å²) in [6, 6.07) is 8.83. The van der Waals surface area contributed by atoms with Crippen molar-refractivity contribution in [3.8, 4) is 0 Å². The lowest BCUT2D eigenvalue weighted by molar-refractivity contribution is -0.142. The number of nitrogens with two attached hydrogens (primary N) is 1. The summed E-state index contributed by atoms with van der Waals surface area (Å²) in [6.45, 7) is 5.44. The molecule has 0 bridgehead atoms. The first-order valence-corrected chi connectivity index (χ1v) is 7.31. The quantitative estimate of drug-likeness (QED) is 0.865. The molecule has 2 unspecified atom stereocenters. The fourth-order valence-corrected chi connectivity index (χ4v) is 2.83. The van der Waals surface area contributed by atoms with Gasteiger partial charge in [-0.3, -0.25) is 9.69 Å². The number of aryl methyl sites for hydroxylation is 1. The molecule has 1 heterocycles. The Hall–Kier alpha value is -1.39. The van der Waals surface area contributed by atoms with Crippen LogP contribution in [-0.2, 0) is 11.2 Å². The second-order valence-electron chi connectivity index (χ2n) is 5.85. The Morgan fingerprint density at radius 3 is 2.60 bits per heavy atom. The number of likely N-dealkylation sites (tertiary alicyclic amines) is 1. The normalized spacial score (nSPS) is 24.8. The lowest BCUT2D eigenvalue weighted by Gasteiger charge is -2.26. The smallest absolute Gasteiger partial charge is 0.325 e. The van der Waals surface area contributed by atoms with Gasteiger partial charge in [-0.15, -0.1) is 0 Å². The largest absolute Gasteiger partial charge is 0.480 e. The van der Waals surface area contributed by atoms with E-state index in [4.69, 9.17) is 5.73 Å². The second kappa shape index (κ2) is 5.94. The molecule has 4 nitrogen and oxygen atoms in total. The molecule has 1 aromatic rings. The number of hydrogen-bond donors (Lipinski definition) is 2. The lowest BCUT2D eigenvalue weighted by atomic mass is 10.0. The number of hydrogen-bond acceptors (Lipinski definition) is 3. The lowest BCUT2D eigenvalue weighted by Crippen LogP contribution is -2.50. The topological polar surface area (TPSA) is 66.6 Å². The molecule has 20 heavy (non-hydrogen) atoms. The third-order valence-corrected chi connectivity index (χ3v) is 4.30. The highest BCUT2D eigenvalue weighted by Crippen LogP contribution is 2.28. The van der Waals surface area contributed by atoms with E-state index in [1.807, 2.05) is 0 Å². The SMILES string of the molecule is CCCc1ccc(C(C)N2CCC(N)(C(=O)O)C2)cc1. The number of carbonyl (C=O) groups is 1. The van der Waals surface area contributed by atoms with E-state index in [2.05, 4.69) is 43.0 Å². The van der Waals surface area contributed by atoms with Crippen molar-refractivity contribution < 1.29 is 9.90 Å². The Labute approximate surface area is 120 Å². The zero-order chi connectivity index (χ0) is 14.8. The van der Waals surface area contributed by atoms with E-state index >= 15 is 0 Å². The fourth-order valence-electron chi connectivity index (χ4n) is 2.83. The molecule has 110 valence electrons. The van der Waals surface area contributed by atoms with Crippen LogP contribution in [0, 0.1) is 0 Å². The first kappa shape index (κ1) is 15.0. The van der Waals surface area contributed by atoms with Gasteiger partial charge >= 0.3 is 5.97 Å². The molecule has 0 amide bonds. The van der Waals surface area contributed by atoms with Crippen molar-refractivity contribution in [3.63, 3.8) is 0 Å². The maximum absolute atomic E-state index is 11.2. The minimum atomic E-state index is -1.09. The zero-order valence-electron chi connectivity index (χ0n) is 12.3. The summed E-state index contributed by atoms with van der Waals surface area (Å²) in [5.74, 6) is -0.898. The molecule has 3 N–H and O–H groups in total. The van der Waals surface area contributed by atoms with Crippen molar-refractivity contribution in [3.05, 3.63) is 35.4 Å². The average Bonchev–Trinajstić information content (AvgIpc) is 2.83. The molecular weight excluding hydrogens is 252 g/mol. The molecule has 1 saturated heterocycles. The van der Waals surface area contributed by atoms with Crippen molar-refractivity contribution >= 4 is 5.97 Å². The minimum Gasteiger partial charge on any atom is -0.480 e. The van der Waals surface area contributed by atoms with Crippen LogP contribution in [0.5, 0.6) is 0 Å². The number of carboxylic acid groups (broad SMARTS) is 1. The van der Waals surface area contributed by atoms with Crippen LogP contribution in [0.1, 0.15) is 43.9 Å². The standard InChI is InChI=1S/C16H24N2O2/c1-3-4-13-5-7-14(8-6-13)12(2)18-10-9-16(17,11-18)15(19)20/h5-8,12H,3-4,9-11,17H2,1-2H3,(H,19,20). The number of benzene rings is 1. The minimum absolute atomic E-state index is 0.204. The summed E-state index contributed by atoms with van der Waals surface area (Å²) >= 11 is 0. The molecule has 2 atom stereocenters. The number of rotatable bonds is 5. The van der Waals surface area contributed by atoms with Crippen molar-refractivity contribution in [1.82, 2.24) is 4.90 Å². The van der Waals surface area contributed by atoms with E-state index in [1.54, 1.807) is 0 Å². The van der Waals surface area contributed by atoms with E-state index in [0.717, 1.165) is 19.4 Å². The summed E-state index contributed by atoms with van der Waals surface area (Å²) in [4.78, 5) is 13.3. The predicted octanol–water partition coefficient (Wildman–Crippen LogP) is 2.19. The highest BCUT2D eigenvalue weighted by atomic mass is 16.4. The first-order chi connectivity index (χ1) is 9.46. The van der Waals surface area contributed by atoms with Gasteiger partial charge in [0.05, 0.1) is 0 Å². The van der Waals surface area contributed by atoms with Crippen LogP contribution in [-0.4, -0.2) is 34.6 Å². The Morgan fingerprint density at radius 1 is 1.45 bits per heavy atom. The summed E-state index contributed by atoms with van der Waals surface area (Å²) < 4.78 is 0. The van der Waals surface area contributed by atoms with Crippen LogP contribution < -0.4 is 5.73 Å². The highest BCUT2D eigenvalue weighted by Gasteiger charge is 2.42. The molecule has 1 aliphatic rings. The predicted molar refractivity (Wildman–Crippen MR) is 79.6 cm³/mol. The van der Waals surface area contributed by atoms with Gasteiger partial charge in [-0.2, -0.15) is 0 Å². The summed E-state index contributed by atoms with van der Waals surface area (Å²) in [7, 11) is 0. The van der Waals surface area contributed by atoms with Gasteiger partial charge in [-0.1, -0.05) is 37.6 Å². The van der Waals surface area contributed by atoms with E-state index in [1.165, 1.54) is 11.1 Å². The summed E-state index contributed by atoms with van der Waals surface area (Å²) in [5.41, 5.74) is 7.42. The average molecular weight is 276 g/mol. The van der Waals surface area contributed by atoms with Gasteiger partial charge in [-0.05, 0) is 30.9 Å². The maximum atomic E-state index is 11.2. The van der Waals surface area contributed by atoms with Gasteiger partial charge in [0.2, 0.25) is 0 Å². The van der Waals surface area contributed by atoms with Gasteiger partial charge in [0.1, 0.15) is 5.54 Å². The molecule has 0 aromatic heterocycles. The van der Waals surface area contributed by atoms with Crippen molar-refractivity contribution in [2.24, 2.45) is 5.73 Å². The molecule has 1 fully saturated rings. The van der Waals surface area contributed by atoms with E-state index in [9.17, 15) is 9.90 Å². The van der Waals surface area contributed by atoms with Gasteiger partial charge in [0.25, 0.3) is 0 Å². The monoisotopic (exact) mass is 276 g/mol. The van der Waals surface area contributed by atoms with Crippen molar-refractivity contribution in [2.75, 3.05) is 13.1 Å². The summed E-state index contributed by atoms with van der Waals surface area (Å²) in [5, 5.41) is 9.19. The third kappa shape index (κ3) is 3.02. The van der Waals surface area contributed by atoms with Crippen LogP contribution >= 0.6 is 0 Å². The van der Waals surface area contributed by atoms with Crippen molar-refractivity contribution in [1.29, 1.82) is 0 Å². The fraction of sp³-hybridized carbons (Fsp3) is 0.562. The van der Waals surface area contributed by atoms with E-state index < -0.39 is 11.5 Å². The molecule has 4 heteroatoms. The molecule has 2 rings (SSSR count). The number of nitrogens with zero attached hydrogens (tertiary/aromatic N) is 1. The van der Waals surface area contributed by atoms with Gasteiger partial charge in [0.15, 0.2) is 0 Å². The highest BCUT2D eigenvalue weighted by molar-refractivity contribution is 5.79. The molecule has 1 aliphatic heterocycles. The molecule has 0 saturated carbocycles. The molecule has 0 aliphatic carbocycles. The van der Waals surface area contributed by atoms with Gasteiger partial charge in [0, 0.05) is 19.1 Å². The van der Waals surface area contributed by atoms with Gasteiger partial charge in [-0.25, -0.2) is 0 Å². The molecule has 1 aromatic carbocycles. The molecule has 0 spiro atoms. The van der Waals surface area contributed by atoms with Crippen LogP contribution in [0.4, 0.5) is 0 Å². The van der Waals surface area contributed by atoms with Crippen LogP contribution in [0.2, 0.25) is 0 Å². The Morgan fingerprint density at radius 2 is 2.10 bits per heavy atom. The summed E-state index contributed by atoms with van der Waals surface area (Å²) in [6.07, 6.45) is 2.76. The van der Waals surface area contributed by atoms with Gasteiger partial charge < -0.3 is 10.8 Å². The zero-order valence-corrected chi connectivity index (χ0v) is 12.3. The van der Waals surface area contributed by atoms with Crippen LogP contribution in [0.3, 0.4) is 0 Å². The van der Waals surface area contributed by atoms with Crippen LogP contribution in [0.15, 0.2) is 24.3 Å². The number of carboxylic acids is 1. The Kier molecular flexibility index (Phi) is 4.45. The van der Waals surface area contributed by atoms with Crippen LogP contribution in [0.25, 0.3) is 0 Å². The second-order valence-corrected chi connectivity index (χ2v) is 5.85. The Bertz CT molecular complexity index is 472. The van der Waals surface area contributed by atoms with Crippen molar-refractivity contribution in [2.45, 2.75) is 44.7 Å². The molecule has 0 radical (unpaired) electrons. The molecular formula is C16H24N2O2. The van der Waals surface area contributed by atoms with E-state index in [0.29, 0.717) is 13.0 Å². The first-order valence-electron chi connectivity index (χ1n) is 7.31. The van der Waals surface area contributed by atoms with E-state index in [-0.39, 0.29) is 6.04 Å².